The minimum Gasteiger partial charge on any atom is -0.322 e. The summed E-state index contributed by atoms with van der Waals surface area (Å²) < 4.78 is 39.2. The third-order valence-electron chi connectivity index (χ3n) is 6.48. The number of carbonyl (C=O) groups is 2. The number of benzene rings is 1. The molecule has 3 amide bonds. The first-order valence-electron chi connectivity index (χ1n) is 11.2. The second kappa shape index (κ2) is 9.59. The largest absolute Gasteiger partial charge is 0.416 e. The lowest BCUT2D eigenvalue weighted by Gasteiger charge is -2.30. The fraction of sp³-hybridized carbons (Fsp3) is 0.609. The van der Waals surface area contributed by atoms with E-state index in [9.17, 15) is 28.0 Å². The summed E-state index contributed by atoms with van der Waals surface area (Å²) in [6.45, 7) is 5.92. The van der Waals surface area contributed by atoms with Crippen molar-refractivity contribution in [3.8, 4) is 6.07 Å². The van der Waals surface area contributed by atoms with E-state index in [-0.39, 0.29) is 37.1 Å². The lowest BCUT2D eigenvalue weighted by atomic mass is 10.1. The fourth-order valence-electron chi connectivity index (χ4n) is 4.41. The molecule has 10 heteroatoms. The second-order valence-corrected chi connectivity index (χ2v) is 9.01. The molecule has 2 aliphatic rings. The maximum atomic E-state index is 13.1. The molecule has 7 nitrogen and oxygen atoms in total. The molecule has 0 aromatic heterocycles. The Hall–Kier alpha value is -2.80. The number of halogens is 3. The molecule has 1 aliphatic carbocycles. The number of nitrogens with two attached hydrogens (primary N) is 1. The van der Waals surface area contributed by atoms with Crippen LogP contribution in [-0.2, 0) is 17.5 Å². The van der Waals surface area contributed by atoms with Crippen molar-refractivity contribution in [1.29, 1.82) is 5.26 Å². The number of rotatable bonds is 8. The molecule has 1 heterocycles. The quantitative estimate of drug-likeness (QED) is 0.638. The Balaban J connectivity index is 1.70. The molecule has 5 unspecified atom stereocenters. The van der Waals surface area contributed by atoms with Crippen molar-refractivity contribution < 1.29 is 22.8 Å². The fourth-order valence-corrected chi connectivity index (χ4v) is 4.41. The molecule has 0 spiro atoms. The molecule has 0 radical (unpaired) electrons. The Kier molecular flexibility index (Phi) is 7.22. The molecule has 5 atom stereocenters. The van der Waals surface area contributed by atoms with Crippen LogP contribution in [0.15, 0.2) is 24.3 Å². The van der Waals surface area contributed by atoms with Crippen molar-refractivity contribution in [3.05, 3.63) is 35.4 Å². The molecule has 0 bridgehead atoms. The summed E-state index contributed by atoms with van der Waals surface area (Å²) >= 11 is 0. The van der Waals surface area contributed by atoms with Crippen LogP contribution in [0.3, 0.4) is 0 Å². The number of carbonyl (C=O) groups excluding carboxylic acids is 2. The van der Waals surface area contributed by atoms with E-state index in [1.807, 2.05) is 13.8 Å². The number of urea groups is 1. The van der Waals surface area contributed by atoms with Gasteiger partial charge < -0.3 is 20.4 Å². The highest BCUT2D eigenvalue weighted by molar-refractivity contribution is 5.84. The van der Waals surface area contributed by atoms with Crippen LogP contribution in [0.1, 0.15) is 44.7 Å². The molecule has 1 aliphatic heterocycles. The molecule has 2 N–H and O–H groups in total. The van der Waals surface area contributed by atoms with Gasteiger partial charge in [-0.2, -0.15) is 18.4 Å². The zero-order valence-corrected chi connectivity index (χ0v) is 19.0. The summed E-state index contributed by atoms with van der Waals surface area (Å²) in [5, 5.41) is 9.31. The average Bonchev–Trinajstić information content (AvgIpc) is 3.41. The second-order valence-electron chi connectivity index (χ2n) is 9.01. The normalized spacial score (nSPS) is 24.4. The zero-order valence-electron chi connectivity index (χ0n) is 19.0. The summed E-state index contributed by atoms with van der Waals surface area (Å²) in [4.78, 5) is 30.6. The molecule has 180 valence electrons. The summed E-state index contributed by atoms with van der Waals surface area (Å²) in [6, 6.07) is 4.85. The SMILES string of the molecule is CCC1CN(CC(N)C(=O)N(C(C)C#N)C2CC2C)C(=O)N1Cc1cccc(C(F)(F)F)c1. The predicted molar refractivity (Wildman–Crippen MR) is 116 cm³/mol. The lowest BCUT2D eigenvalue weighted by Crippen LogP contribution is -2.53. The van der Waals surface area contributed by atoms with Crippen molar-refractivity contribution >= 4 is 11.9 Å². The number of nitriles is 1. The number of amides is 3. The molecule has 1 aromatic rings. The molecule has 2 fully saturated rings. The topological polar surface area (TPSA) is 93.7 Å². The highest BCUT2D eigenvalue weighted by Crippen LogP contribution is 2.36. The molecule has 1 saturated heterocycles. The average molecular weight is 466 g/mol. The van der Waals surface area contributed by atoms with Gasteiger partial charge in [-0.25, -0.2) is 4.79 Å². The van der Waals surface area contributed by atoms with Gasteiger partial charge in [0.1, 0.15) is 12.1 Å². The van der Waals surface area contributed by atoms with Crippen molar-refractivity contribution in [1.82, 2.24) is 14.7 Å². The van der Waals surface area contributed by atoms with Gasteiger partial charge in [-0.05, 0) is 43.4 Å². The first-order valence-corrected chi connectivity index (χ1v) is 11.2. The molecular weight excluding hydrogens is 435 g/mol. The third-order valence-corrected chi connectivity index (χ3v) is 6.48. The maximum Gasteiger partial charge on any atom is 0.416 e. The Morgan fingerprint density at radius 1 is 1.39 bits per heavy atom. The van der Waals surface area contributed by atoms with Gasteiger partial charge in [-0.3, -0.25) is 4.79 Å². The number of alkyl halides is 3. The van der Waals surface area contributed by atoms with E-state index in [0.29, 0.717) is 24.4 Å². The molecular formula is C23H30F3N5O2. The van der Waals surface area contributed by atoms with Crippen LogP contribution in [0, 0.1) is 17.2 Å². The first kappa shape index (κ1) is 24.8. The standard InChI is InChI=1S/C23H30F3N5O2/c1-4-18-12-29(13-19(28)21(32)31(15(3)10-27)20-8-14(20)2)22(33)30(18)11-16-6-5-7-17(9-16)23(24,25)26/h5-7,9,14-15,18-20H,4,8,11-13,28H2,1-3H3. The van der Waals surface area contributed by atoms with Crippen LogP contribution in [0.2, 0.25) is 0 Å². The van der Waals surface area contributed by atoms with E-state index < -0.39 is 23.8 Å². The number of hydrogen-bond donors (Lipinski definition) is 1. The van der Waals surface area contributed by atoms with Gasteiger partial charge in [0.05, 0.1) is 17.7 Å². The lowest BCUT2D eigenvalue weighted by molar-refractivity contribution is -0.137. The summed E-state index contributed by atoms with van der Waals surface area (Å²) in [5.74, 6) is -0.0617. The van der Waals surface area contributed by atoms with Crippen LogP contribution >= 0.6 is 0 Å². The van der Waals surface area contributed by atoms with Crippen molar-refractivity contribution in [2.24, 2.45) is 11.7 Å². The summed E-state index contributed by atoms with van der Waals surface area (Å²) in [6.07, 6.45) is -3.03. The van der Waals surface area contributed by atoms with E-state index >= 15 is 0 Å². The Bertz CT molecular complexity index is 931. The predicted octanol–water partition coefficient (Wildman–Crippen LogP) is 3.20. The van der Waals surface area contributed by atoms with Crippen molar-refractivity contribution in [2.75, 3.05) is 13.1 Å². The van der Waals surface area contributed by atoms with Gasteiger partial charge in [-0.15, -0.1) is 0 Å². The van der Waals surface area contributed by atoms with Gasteiger partial charge >= 0.3 is 12.2 Å². The highest BCUT2D eigenvalue weighted by atomic mass is 19.4. The third kappa shape index (κ3) is 5.41. The first-order chi connectivity index (χ1) is 15.5. The van der Waals surface area contributed by atoms with Crippen LogP contribution in [0.25, 0.3) is 0 Å². The van der Waals surface area contributed by atoms with Crippen LogP contribution < -0.4 is 5.73 Å². The Labute approximate surface area is 191 Å². The number of hydrogen-bond acceptors (Lipinski definition) is 4. The van der Waals surface area contributed by atoms with Crippen LogP contribution in [0.4, 0.5) is 18.0 Å². The van der Waals surface area contributed by atoms with Crippen molar-refractivity contribution in [2.45, 2.75) is 70.5 Å². The molecule has 3 rings (SSSR count). The van der Waals surface area contributed by atoms with Gasteiger partial charge in [0.25, 0.3) is 0 Å². The van der Waals surface area contributed by atoms with Gasteiger partial charge in [0.15, 0.2) is 0 Å². The Morgan fingerprint density at radius 3 is 2.61 bits per heavy atom. The van der Waals surface area contributed by atoms with Crippen LogP contribution in [-0.4, -0.2) is 63.9 Å². The summed E-state index contributed by atoms with van der Waals surface area (Å²) in [5.41, 5.74) is 5.80. The van der Waals surface area contributed by atoms with Crippen LogP contribution in [0.5, 0.6) is 0 Å². The van der Waals surface area contributed by atoms with E-state index in [4.69, 9.17) is 5.73 Å². The molecule has 33 heavy (non-hydrogen) atoms. The minimum atomic E-state index is -4.46. The number of nitrogens with zero attached hydrogens (tertiary/aromatic N) is 4. The minimum absolute atomic E-state index is 0.0109. The van der Waals surface area contributed by atoms with E-state index in [1.165, 1.54) is 20.8 Å². The Morgan fingerprint density at radius 2 is 2.06 bits per heavy atom. The zero-order chi connectivity index (χ0) is 24.5. The smallest absolute Gasteiger partial charge is 0.322 e. The maximum absolute atomic E-state index is 13.1. The molecule has 1 aromatic carbocycles. The molecule has 1 saturated carbocycles. The van der Waals surface area contributed by atoms with Gasteiger partial charge in [0.2, 0.25) is 5.91 Å². The monoisotopic (exact) mass is 465 g/mol. The van der Waals surface area contributed by atoms with E-state index in [0.717, 1.165) is 18.6 Å². The summed E-state index contributed by atoms with van der Waals surface area (Å²) in [7, 11) is 0. The van der Waals surface area contributed by atoms with Gasteiger partial charge in [0, 0.05) is 25.7 Å². The van der Waals surface area contributed by atoms with Gasteiger partial charge in [-0.1, -0.05) is 26.0 Å². The van der Waals surface area contributed by atoms with Crippen molar-refractivity contribution in [3.63, 3.8) is 0 Å². The highest BCUT2D eigenvalue weighted by Gasteiger charge is 2.45. The van der Waals surface area contributed by atoms with E-state index in [2.05, 4.69) is 6.07 Å². The van der Waals surface area contributed by atoms with E-state index in [1.54, 1.807) is 13.0 Å².